The van der Waals surface area contributed by atoms with Crippen LogP contribution < -0.4 is 0 Å². The highest BCUT2D eigenvalue weighted by atomic mass is 16.6. The molecule has 2 fully saturated rings. The van der Waals surface area contributed by atoms with Crippen molar-refractivity contribution in [3.8, 4) is 0 Å². The molecular weight excluding hydrogens is 322 g/mol. The minimum atomic E-state index is -0.440. The lowest BCUT2D eigenvalue weighted by molar-refractivity contribution is -0.0881. The molecule has 4 heterocycles. The van der Waals surface area contributed by atoms with E-state index < -0.39 is 5.60 Å². The van der Waals surface area contributed by atoms with Crippen LogP contribution in [0.15, 0.2) is 36.9 Å². The monoisotopic (exact) mass is 343 g/mol. The first-order valence-corrected chi connectivity index (χ1v) is 8.53. The first-order valence-electron chi connectivity index (χ1n) is 8.53. The predicted octanol–water partition coefficient (Wildman–Crippen LogP) is 0.763. The Labute approximate surface area is 145 Å². The Hall–Kier alpha value is -2.32. The second-order valence-corrected chi connectivity index (χ2v) is 6.60. The fourth-order valence-corrected chi connectivity index (χ4v) is 3.54. The number of carbonyl (C=O) groups is 1. The number of hydrogen-bond donors (Lipinski definition) is 0. The molecule has 4 rings (SSSR count). The van der Waals surface area contributed by atoms with Crippen molar-refractivity contribution in [3.05, 3.63) is 42.5 Å². The van der Waals surface area contributed by atoms with Gasteiger partial charge in [0, 0.05) is 18.9 Å². The van der Waals surface area contributed by atoms with E-state index >= 15 is 0 Å². The summed E-state index contributed by atoms with van der Waals surface area (Å²) in [5, 5.41) is 11.8. The zero-order chi connectivity index (χ0) is 17.1. The van der Waals surface area contributed by atoms with Crippen molar-refractivity contribution >= 4 is 5.91 Å². The van der Waals surface area contributed by atoms with Gasteiger partial charge in [-0.3, -0.25) is 9.48 Å². The van der Waals surface area contributed by atoms with Gasteiger partial charge in [0.05, 0.1) is 50.4 Å². The van der Waals surface area contributed by atoms with E-state index in [2.05, 4.69) is 15.3 Å². The van der Waals surface area contributed by atoms with Gasteiger partial charge in [0.2, 0.25) is 0 Å². The Bertz CT molecular complexity index is 708. The molecule has 8 heteroatoms. The van der Waals surface area contributed by atoms with E-state index in [1.165, 1.54) is 12.4 Å². The Morgan fingerprint density at radius 2 is 2.32 bits per heavy atom. The zero-order valence-corrected chi connectivity index (χ0v) is 14.0. The van der Waals surface area contributed by atoms with E-state index in [9.17, 15) is 4.79 Å². The third kappa shape index (κ3) is 3.54. The third-order valence-electron chi connectivity index (χ3n) is 4.76. The van der Waals surface area contributed by atoms with E-state index in [0.29, 0.717) is 31.9 Å². The van der Waals surface area contributed by atoms with Crippen LogP contribution in [0.5, 0.6) is 0 Å². The number of aromatic nitrogens is 4. The van der Waals surface area contributed by atoms with Gasteiger partial charge in [-0.15, -0.1) is 0 Å². The van der Waals surface area contributed by atoms with Crippen LogP contribution in [0.2, 0.25) is 0 Å². The molecule has 2 unspecified atom stereocenters. The van der Waals surface area contributed by atoms with E-state index in [0.717, 1.165) is 19.4 Å². The van der Waals surface area contributed by atoms with Gasteiger partial charge in [-0.1, -0.05) is 0 Å². The van der Waals surface area contributed by atoms with Crippen molar-refractivity contribution in [2.45, 2.75) is 31.1 Å². The van der Waals surface area contributed by atoms with Gasteiger partial charge in [0.1, 0.15) is 5.60 Å². The molecule has 0 aromatic carbocycles. The summed E-state index contributed by atoms with van der Waals surface area (Å²) in [4.78, 5) is 14.6. The quantitative estimate of drug-likeness (QED) is 0.818. The Kier molecular flexibility index (Phi) is 4.46. The average molecular weight is 343 g/mol. The maximum Gasteiger partial charge on any atom is 0.255 e. The Morgan fingerprint density at radius 1 is 1.36 bits per heavy atom. The van der Waals surface area contributed by atoms with Crippen molar-refractivity contribution in [1.29, 1.82) is 0 Å². The van der Waals surface area contributed by atoms with Crippen molar-refractivity contribution in [2.24, 2.45) is 0 Å². The van der Waals surface area contributed by atoms with Crippen LogP contribution in [0.3, 0.4) is 0 Å². The lowest BCUT2D eigenvalue weighted by Gasteiger charge is -2.32. The van der Waals surface area contributed by atoms with Crippen molar-refractivity contribution in [3.63, 3.8) is 0 Å². The molecule has 25 heavy (non-hydrogen) atoms. The van der Waals surface area contributed by atoms with Crippen LogP contribution in [0.25, 0.3) is 0 Å². The maximum absolute atomic E-state index is 12.8. The number of nitrogens with zero attached hydrogens (tertiary/aromatic N) is 5. The topological polar surface area (TPSA) is 82.4 Å². The molecule has 2 aromatic heterocycles. The second-order valence-electron chi connectivity index (χ2n) is 6.60. The van der Waals surface area contributed by atoms with Crippen LogP contribution in [0, 0.1) is 0 Å². The van der Waals surface area contributed by atoms with Gasteiger partial charge in [-0.05, 0) is 25.0 Å². The molecule has 132 valence electrons. The molecular formula is C17H21N5O3. The standard InChI is InChI=1S/C17H21N5O3/c23-16(14-3-6-18-19-10-14)21-8-9-24-13-17(12-21)4-2-15(25-17)11-22-7-1-5-20-22/h1,3,5-7,10,15H,2,4,8-9,11-13H2. The van der Waals surface area contributed by atoms with E-state index in [1.807, 2.05) is 16.9 Å². The molecule has 0 aliphatic carbocycles. The van der Waals surface area contributed by atoms with E-state index in [-0.39, 0.29) is 12.0 Å². The first kappa shape index (κ1) is 16.2. The Balaban J connectivity index is 1.46. The summed E-state index contributed by atoms with van der Waals surface area (Å²) in [5.41, 5.74) is 0.0999. The molecule has 2 atom stereocenters. The van der Waals surface area contributed by atoms with Gasteiger partial charge >= 0.3 is 0 Å². The molecule has 0 saturated carbocycles. The smallest absolute Gasteiger partial charge is 0.255 e. The highest BCUT2D eigenvalue weighted by Crippen LogP contribution is 2.34. The lowest BCUT2D eigenvalue weighted by atomic mass is 10.00. The van der Waals surface area contributed by atoms with Crippen molar-refractivity contribution in [2.75, 3.05) is 26.3 Å². The zero-order valence-electron chi connectivity index (χ0n) is 14.0. The van der Waals surface area contributed by atoms with Gasteiger partial charge in [0.25, 0.3) is 5.91 Å². The van der Waals surface area contributed by atoms with Crippen LogP contribution in [0.4, 0.5) is 0 Å². The molecule has 2 saturated heterocycles. The normalized spacial score (nSPS) is 26.7. The molecule has 2 aliphatic rings. The summed E-state index contributed by atoms with van der Waals surface area (Å²) < 4.78 is 14.0. The molecule has 0 bridgehead atoms. The fourth-order valence-electron chi connectivity index (χ4n) is 3.54. The number of rotatable bonds is 3. The van der Waals surface area contributed by atoms with Gasteiger partial charge in [-0.2, -0.15) is 15.3 Å². The van der Waals surface area contributed by atoms with Crippen LogP contribution in [-0.4, -0.2) is 68.8 Å². The summed E-state index contributed by atoms with van der Waals surface area (Å²) in [6.45, 7) is 2.83. The number of amides is 1. The predicted molar refractivity (Wildman–Crippen MR) is 87.8 cm³/mol. The van der Waals surface area contributed by atoms with Gasteiger partial charge in [0.15, 0.2) is 0 Å². The lowest BCUT2D eigenvalue weighted by Crippen LogP contribution is -2.46. The molecule has 1 amide bonds. The van der Waals surface area contributed by atoms with E-state index in [1.54, 1.807) is 17.2 Å². The van der Waals surface area contributed by atoms with Crippen molar-refractivity contribution in [1.82, 2.24) is 24.9 Å². The number of hydrogen-bond acceptors (Lipinski definition) is 6. The SMILES string of the molecule is O=C(c1ccnnc1)N1CCOCC2(CCC(Cn3cccn3)O2)C1. The third-order valence-corrected chi connectivity index (χ3v) is 4.76. The second kappa shape index (κ2) is 6.89. The minimum absolute atomic E-state index is 0.0566. The highest BCUT2D eigenvalue weighted by Gasteiger charge is 2.44. The molecule has 8 nitrogen and oxygen atoms in total. The highest BCUT2D eigenvalue weighted by molar-refractivity contribution is 5.93. The van der Waals surface area contributed by atoms with Gasteiger partial charge in [-0.25, -0.2) is 0 Å². The number of carbonyl (C=O) groups excluding carboxylic acids is 1. The van der Waals surface area contributed by atoms with E-state index in [4.69, 9.17) is 9.47 Å². The summed E-state index contributed by atoms with van der Waals surface area (Å²) in [7, 11) is 0. The number of ether oxygens (including phenoxy) is 2. The van der Waals surface area contributed by atoms with Gasteiger partial charge < -0.3 is 14.4 Å². The summed E-state index contributed by atoms with van der Waals surface area (Å²) in [6.07, 6.45) is 8.62. The first-order chi connectivity index (χ1) is 12.2. The minimum Gasteiger partial charge on any atom is -0.377 e. The molecule has 0 radical (unpaired) electrons. The summed E-state index contributed by atoms with van der Waals surface area (Å²) in [5.74, 6) is -0.0566. The van der Waals surface area contributed by atoms with Crippen LogP contribution in [0.1, 0.15) is 23.2 Å². The molecule has 2 aromatic rings. The van der Waals surface area contributed by atoms with Crippen molar-refractivity contribution < 1.29 is 14.3 Å². The Morgan fingerprint density at radius 3 is 3.12 bits per heavy atom. The summed E-state index contributed by atoms with van der Waals surface area (Å²) in [6, 6.07) is 3.59. The molecule has 0 N–H and O–H groups in total. The molecule has 2 aliphatic heterocycles. The summed E-state index contributed by atoms with van der Waals surface area (Å²) >= 11 is 0. The largest absolute Gasteiger partial charge is 0.377 e. The van der Waals surface area contributed by atoms with Crippen LogP contribution >= 0.6 is 0 Å². The van der Waals surface area contributed by atoms with Crippen LogP contribution in [-0.2, 0) is 16.0 Å². The average Bonchev–Trinajstić information content (AvgIpc) is 3.23. The molecule has 1 spiro atoms. The fraction of sp³-hybridized carbons (Fsp3) is 0.529. The maximum atomic E-state index is 12.8.